The van der Waals surface area contributed by atoms with Gasteiger partial charge in [0.05, 0.1) is 59.5 Å². The van der Waals surface area contributed by atoms with Crippen LogP contribution in [0.15, 0.2) is 28.7 Å². The Labute approximate surface area is 145 Å². The normalized spacial score (nSPS) is 10.9. The lowest BCUT2D eigenvalue weighted by atomic mass is 10.3. The van der Waals surface area contributed by atoms with Gasteiger partial charge in [-0.2, -0.15) is 0 Å². The van der Waals surface area contributed by atoms with Gasteiger partial charge in [-0.15, -0.1) is 0 Å². The van der Waals surface area contributed by atoms with Gasteiger partial charge >= 0.3 is 0 Å². The second kappa shape index (κ2) is 14.9. The van der Waals surface area contributed by atoms with E-state index >= 15 is 0 Å². The molecule has 1 aromatic rings. The Morgan fingerprint density at radius 1 is 0.652 bits per heavy atom. The summed E-state index contributed by atoms with van der Waals surface area (Å²) in [6.07, 6.45) is 0. The maximum absolute atomic E-state index is 8.50. The lowest BCUT2D eigenvalue weighted by Gasteiger charge is -2.08. The van der Waals surface area contributed by atoms with Crippen LogP contribution < -0.4 is 4.74 Å². The van der Waals surface area contributed by atoms with E-state index in [4.69, 9.17) is 28.8 Å². The molecule has 0 heterocycles. The Kier molecular flexibility index (Phi) is 13.1. The first-order chi connectivity index (χ1) is 11.3. The number of rotatable bonds is 15. The van der Waals surface area contributed by atoms with Crippen molar-refractivity contribution in [1.29, 1.82) is 0 Å². The summed E-state index contributed by atoms with van der Waals surface area (Å²) < 4.78 is 27.7. The third kappa shape index (κ3) is 12.4. The van der Waals surface area contributed by atoms with Crippen molar-refractivity contribution in [3.8, 4) is 5.75 Å². The Hall–Kier alpha value is -0.700. The highest BCUT2D eigenvalue weighted by Gasteiger charge is 1.95. The van der Waals surface area contributed by atoms with Gasteiger partial charge in [0, 0.05) is 4.47 Å². The number of halogens is 1. The molecule has 0 fully saturated rings. The molecule has 7 heteroatoms. The topological polar surface area (TPSA) is 66.4 Å². The van der Waals surface area contributed by atoms with E-state index in [9.17, 15) is 0 Å². The second-order valence-corrected chi connectivity index (χ2v) is 5.39. The first-order valence-electron chi connectivity index (χ1n) is 7.63. The van der Waals surface area contributed by atoms with Gasteiger partial charge in [-0.25, -0.2) is 0 Å². The predicted octanol–water partition coefficient (Wildman–Crippen LogP) is 1.89. The van der Waals surface area contributed by atoms with Crippen molar-refractivity contribution < 1.29 is 28.8 Å². The molecular weight excluding hydrogens is 368 g/mol. The highest BCUT2D eigenvalue weighted by Crippen LogP contribution is 2.15. The molecule has 0 aliphatic carbocycles. The molecule has 0 radical (unpaired) electrons. The molecule has 132 valence electrons. The largest absolute Gasteiger partial charge is 0.491 e. The van der Waals surface area contributed by atoms with E-state index < -0.39 is 0 Å². The maximum atomic E-state index is 8.50. The molecule has 0 unspecified atom stereocenters. The molecule has 0 aliphatic rings. The van der Waals surface area contributed by atoms with Crippen molar-refractivity contribution >= 4 is 15.9 Å². The third-order valence-corrected chi connectivity index (χ3v) is 3.19. The highest BCUT2D eigenvalue weighted by molar-refractivity contribution is 9.10. The number of aliphatic hydroxyl groups is 1. The number of benzene rings is 1. The van der Waals surface area contributed by atoms with E-state index in [0.717, 1.165) is 10.2 Å². The molecule has 0 saturated heterocycles. The minimum atomic E-state index is 0.0390. The number of aliphatic hydroxyl groups excluding tert-OH is 1. The van der Waals surface area contributed by atoms with E-state index in [-0.39, 0.29) is 6.61 Å². The molecule has 1 aromatic carbocycles. The van der Waals surface area contributed by atoms with Gasteiger partial charge in [-0.3, -0.25) is 0 Å². The van der Waals surface area contributed by atoms with Crippen LogP contribution in [0.2, 0.25) is 0 Å². The fourth-order valence-corrected chi connectivity index (χ4v) is 1.84. The van der Waals surface area contributed by atoms with E-state index in [2.05, 4.69) is 15.9 Å². The van der Waals surface area contributed by atoms with Gasteiger partial charge in [-0.1, -0.05) is 15.9 Å². The van der Waals surface area contributed by atoms with Gasteiger partial charge in [0.15, 0.2) is 0 Å². The summed E-state index contributed by atoms with van der Waals surface area (Å²) >= 11 is 3.37. The van der Waals surface area contributed by atoms with Crippen LogP contribution in [0.1, 0.15) is 0 Å². The molecule has 0 spiro atoms. The first kappa shape index (κ1) is 20.3. The lowest BCUT2D eigenvalue weighted by Crippen LogP contribution is -2.14. The quantitative estimate of drug-likeness (QED) is 0.459. The first-order valence-corrected chi connectivity index (χ1v) is 8.42. The zero-order chi connectivity index (χ0) is 16.6. The minimum absolute atomic E-state index is 0.0390. The van der Waals surface area contributed by atoms with Crippen molar-refractivity contribution in [2.24, 2.45) is 0 Å². The summed E-state index contributed by atoms with van der Waals surface area (Å²) in [6, 6.07) is 7.68. The van der Waals surface area contributed by atoms with Crippen molar-refractivity contribution in [3.63, 3.8) is 0 Å². The summed E-state index contributed by atoms with van der Waals surface area (Å²) in [6.45, 7) is 4.53. The molecular formula is C16H25BrO6. The molecule has 0 atom stereocenters. The van der Waals surface area contributed by atoms with E-state index in [1.807, 2.05) is 24.3 Å². The predicted molar refractivity (Wildman–Crippen MR) is 90.0 cm³/mol. The van der Waals surface area contributed by atoms with Gasteiger partial charge in [0.25, 0.3) is 0 Å². The zero-order valence-corrected chi connectivity index (χ0v) is 14.8. The molecule has 1 N–H and O–H groups in total. The monoisotopic (exact) mass is 392 g/mol. The van der Waals surface area contributed by atoms with Crippen LogP contribution in [0, 0.1) is 0 Å². The van der Waals surface area contributed by atoms with Gasteiger partial charge in [0.2, 0.25) is 0 Å². The molecule has 0 aliphatic heterocycles. The molecule has 6 nitrogen and oxygen atoms in total. The number of hydrogen-bond donors (Lipinski definition) is 1. The molecule has 23 heavy (non-hydrogen) atoms. The minimum Gasteiger partial charge on any atom is -0.491 e. The van der Waals surface area contributed by atoms with E-state index in [1.54, 1.807) is 0 Å². The Morgan fingerprint density at radius 2 is 1.09 bits per heavy atom. The molecule has 0 amide bonds. The number of hydrogen-bond acceptors (Lipinski definition) is 6. The van der Waals surface area contributed by atoms with Gasteiger partial charge in [0.1, 0.15) is 12.4 Å². The Morgan fingerprint density at radius 3 is 1.57 bits per heavy atom. The van der Waals surface area contributed by atoms with Crippen molar-refractivity contribution in [1.82, 2.24) is 0 Å². The van der Waals surface area contributed by atoms with Crippen LogP contribution in [0.3, 0.4) is 0 Å². The average molecular weight is 393 g/mol. The molecule has 0 aromatic heterocycles. The average Bonchev–Trinajstić information content (AvgIpc) is 2.57. The maximum Gasteiger partial charge on any atom is 0.119 e. The third-order valence-electron chi connectivity index (χ3n) is 2.66. The Balaban J connectivity index is 1.77. The van der Waals surface area contributed by atoms with E-state index in [0.29, 0.717) is 59.5 Å². The Bertz CT molecular complexity index is 373. The fraction of sp³-hybridized carbons (Fsp3) is 0.625. The van der Waals surface area contributed by atoms with Crippen LogP contribution in [-0.2, 0) is 18.9 Å². The summed E-state index contributed by atoms with van der Waals surface area (Å²) in [5, 5.41) is 8.50. The zero-order valence-electron chi connectivity index (χ0n) is 13.2. The summed E-state index contributed by atoms with van der Waals surface area (Å²) in [7, 11) is 0. The van der Waals surface area contributed by atoms with Crippen LogP contribution in [0.5, 0.6) is 5.75 Å². The van der Waals surface area contributed by atoms with Crippen molar-refractivity contribution in [2.75, 3.05) is 66.1 Å². The smallest absolute Gasteiger partial charge is 0.119 e. The van der Waals surface area contributed by atoms with Crippen LogP contribution in [0.25, 0.3) is 0 Å². The summed E-state index contributed by atoms with van der Waals surface area (Å²) in [5.74, 6) is 0.827. The van der Waals surface area contributed by atoms with Crippen LogP contribution in [0.4, 0.5) is 0 Å². The SMILES string of the molecule is OCCOCCOCCOCCOCCOc1ccc(Br)cc1. The van der Waals surface area contributed by atoms with E-state index in [1.165, 1.54) is 0 Å². The standard InChI is InChI=1S/C16H25BrO6/c17-15-1-3-16(4-2-15)23-14-13-22-12-11-21-10-9-20-8-7-19-6-5-18/h1-4,18H,5-14H2. The van der Waals surface area contributed by atoms with Gasteiger partial charge < -0.3 is 28.8 Å². The summed E-state index contributed by atoms with van der Waals surface area (Å²) in [4.78, 5) is 0. The second-order valence-electron chi connectivity index (χ2n) is 4.48. The van der Waals surface area contributed by atoms with Crippen molar-refractivity contribution in [3.05, 3.63) is 28.7 Å². The molecule has 1 rings (SSSR count). The van der Waals surface area contributed by atoms with Crippen LogP contribution >= 0.6 is 15.9 Å². The fourth-order valence-electron chi connectivity index (χ4n) is 1.58. The summed E-state index contributed by atoms with van der Waals surface area (Å²) in [5.41, 5.74) is 0. The molecule has 0 bridgehead atoms. The molecule has 0 saturated carbocycles. The van der Waals surface area contributed by atoms with Crippen molar-refractivity contribution in [2.45, 2.75) is 0 Å². The van der Waals surface area contributed by atoms with Crippen LogP contribution in [-0.4, -0.2) is 71.2 Å². The highest BCUT2D eigenvalue weighted by atomic mass is 79.9. The number of ether oxygens (including phenoxy) is 5. The van der Waals surface area contributed by atoms with Gasteiger partial charge in [-0.05, 0) is 24.3 Å². The lowest BCUT2D eigenvalue weighted by molar-refractivity contribution is -0.00779.